The monoisotopic (exact) mass is 569 g/mol. The topological polar surface area (TPSA) is 134 Å². The molecule has 2 aromatic rings. The first-order valence-electron chi connectivity index (χ1n) is 13.8. The van der Waals surface area contributed by atoms with E-state index in [0.717, 1.165) is 23.1 Å². The summed E-state index contributed by atoms with van der Waals surface area (Å²) >= 11 is 6.09. The normalized spacial score (nSPS) is 15.2. The minimum absolute atomic E-state index is 0.0118. The van der Waals surface area contributed by atoms with Crippen LogP contribution in [0, 0.1) is 12.8 Å². The highest BCUT2D eigenvalue weighted by molar-refractivity contribution is 6.31. The minimum atomic E-state index is -0.894. The van der Waals surface area contributed by atoms with Gasteiger partial charge in [0.15, 0.2) is 0 Å². The Balaban J connectivity index is 1.71. The summed E-state index contributed by atoms with van der Waals surface area (Å²) in [4.78, 5) is 53.8. The van der Waals surface area contributed by atoms with E-state index in [0.29, 0.717) is 29.6 Å². The maximum Gasteiger partial charge on any atom is 0.246 e. The van der Waals surface area contributed by atoms with Crippen molar-refractivity contribution < 1.29 is 19.2 Å². The van der Waals surface area contributed by atoms with Crippen molar-refractivity contribution in [3.63, 3.8) is 0 Å². The summed E-state index contributed by atoms with van der Waals surface area (Å²) in [6, 6.07) is 11.1. The van der Waals surface area contributed by atoms with Crippen molar-refractivity contribution in [1.82, 2.24) is 15.5 Å². The number of hydrogen-bond donors (Lipinski definition) is 4. The van der Waals surface area contributed by atoms with Crippen LogP contribution in [0.4, 0.5) is 5.69 Å². The summed E-state index contributed by atoms with van der Waals surface area (Å²) in [5, 5.41) is 9.07. The molecule has 40 heavy (non-hydrogen) atoms. The van der Waals surface area contributed by atoms with Gasteiger partial charge in [-0.15, -0.1) is 0 Å². The molecular formula is C30H40ClN5O4. The van der Waals surface area contributed by atoms with E-state index < -0.39 is 23.9 Å². The molecule has 10 heteroatoms. The van der Waals surface area contributed by atoms with Crippen molar-refractivity contribution in [2.24, 2.45) is 11.7 Å². The predicted molar refractivity (Wildman–Crippen MR) is 157 cm³/mol. The van der Waals surface area contributed by atoms with E-state index in [2.05, 4.69) is 29.8 Å². The van der Waals surface area contributed by atoms with Gasteiger partial charge in [-0.1, -0.05) is 49.7 Å². The van der Waals surface area contributed by atoms with Crippen LogP contribution in [0.25, 0.3) is 0 Å². The van der Waals surface area contributed by atoms with Crippen LogP contribution < -0.4 is 21.7 Å². The number of carbonyl (C=O) groups excluding carboxylic acids is 4. The Bertz CT molecular complexity index is 1220. The van der Waals surface area contributed by atoms with Gasteiger partial charge in [-0.2, -0.15) is 0 Å². The smallest absolute Gasteiger partial charge is 0.246 e. The molecule has 4 amide bonds. The van der Waals surface area contributed by atoms with E-state index in [1.807, 2.05) is 31.2 Å². The lowest BCUT2D eigenvalue weighted by molar-refractivity contribution is -0.143. The molecule has 0 bridgehead atoms. The van der Waals surface area contributed by atoms with Gasteiger partial charge in [0.2, 0.25) is 23.6 Å². The number of hydrogen-bond acceptors (Lipinski definition) is 5. The number of carbonyl (C=O) groups is 4. The van der Waals surface area contributed by atoms with Crippen LogP contribution in [0.3, 0.4) is 0 Å². The van der Waals surface area contributed by atoms with Gasteiger partial charge in [-0.3, -0.25) is 19.2 Å². The van der Waals surface area contributed by atoms with E-state index in [1.54, 1.807) is 18.2 Å². The second-order valence-corrected chi connectivity index (χ2v) is 11.0. The molecule has 0 saturated heterocycles. The molecule has 5 N–H and O–H groups in total. The zero-order valence-corrected chi connectivity index (χ0v) is 24.2. The summed E-state index contributed by atoms with van der Waals surface area (Å²) < 4.78 is 0. The molecular weight excluding hydrogens is 530 g/mol. The van der Waals surface area contributed by atoms with Gasteiger partial charge < -0.3 is 26.6 Å². The Kier molecular flexibility index (Phi) is 11.5. The molecule has 0 aliphatic carbocycles. The lowest BCUT2D eigenvalue weighted by Gasteiger charge is -2.36. The number of nitrogens with zero attached hydrogens (tertiary/aromatic N) is 1. The van der Waals surface area contributed by atoms with E-state index >= 15 is 0 Å². The van der Waals surface area contributed by atoms with Crippen molar-refractivity contribution in [2.75, 3.05) is 18.4 Å². The van der Waals surface area contributed by atoms with Crippen LogP contribution in [0.15, 0.2) is 42.5 Å². The predicted octanol–water partition coefficient (Wildman–Crippen LogP) is 3.32. The molecule has 0 fully saturated rings. The summed E-state index contributed by atoms with van der Waals surface area (Å²) in [6.45, 7) is 6.98. The van der Waals surface area contributed by atoms with Crippen molar-refractivity contribution >= 4 is 40.9 Å². The van der Waals surface area contributed by atoms with Gasteiger partial charge in [0.1, 0.15) is 12.1 Å². The fourth-order valence-corrected chi connectivity index (χ4v) is 4.74. The van der Waals surface area contributed by atoms with E-state index in [4.69, 9.17) is 17.3 Å². The zero-order valence-electron chi connectivity index (χ0n) is 23.5. The highest BCUT2D eigenvalue weighted by Crippen LogP contribution is 2.25. The average molecular weight is 570 g/mol. The Hall–Kier alpha value is -3.43. The first-order valence-corrected chi connectivity index (χ1v) is 14.2. The third-order valence-electron chi connectivity index (χ3n) is 7.00. The standard InChI is InChI=1S/C30H40ClN5O4/c1-19(2)13-15-33-27(37)10-11-28(38)36-18-22-7-5-4-6-21(22)17-26(36)30(40)35-25(12-14-32)29(39)34-23-8-9-24(31)20(3)16-23/h4-9,16,19,25-26H,10-15,17-18,32H2,1-3H3,(H,33,37)(H,34,39)(H,35,40)/t25-,26-/m0/s1. The molecule has 1 heterocycles. The second kappa shape index (κ2) is 14.8. The van der Waals surface area contributed by atoms with Gasteiger partial charge in [0.25, 0.3) is 0 Å². The zero-order chi connectivity index (χ0) is 29.2. The molecule has 0 aromatic heterocycles. The molecule has 0 spiro atoms. The van der Waals surface area contributed by atoms with E-state index in [-0.39, 0.29) is 44.2 Å². The molecule has 1 aliphatic heterocycles. The quantitative estimate of drug-likeness (QED) is 0.311. The van der Waals surface area contributed by atoms with Gasteiger partial charge >= 0.3 is 0 Å². The minimum Gasteiger partial charge on any atom is -0.356 e. The molecule has 9 nitrogen and oxygen atoms in total. The molecule has 2 aromatic carbocycles. The Morgan fingerprint density at radius 2 is 1.77 bits per heavy atom. The SMILES string of the molecule is Cc1cc(NC(=O)[C@H](CCN)NC(=O)[C@@H]2Cc3ccccc3CN2C(=O)CCC(=O)NCCC(C)C)ccc1Cl. The van der Waals surface area contributed by atoms with Crippen molar-refractivity contribution in [2.45, 2.75) is 71.5 Å². The Morgan fingerprint density at radius 3 is 2.45 bits per heavy atom. The largest absolute Gasteiger partial charge is 0.356 e. The number of amides is 4. The summed E-state index contributed by atoms with van der Waals surface area (Å²) in [5.41, 5.74) is 9.05. The molecule has 216 valence electrons. The maximum absolute atomic E-state index is 13.6. The Labute approximate surface area is 241 Å². The number of benzene rings is 2. The van der Waals surface area contributed by atoms with Crippen LogP contribution in [0.2, 0.25) is 5.02 Å². The van der Waals surface area contributed by atoms with E-state index in [1.165, 1.54) is 4.90 Å². The van der Waals surface area contributed by atoms with Crippen molar-refractivity contribution in [3.8, 4) is 0 Å². The molecule has 0 unspecified atom stereocenters. The van der Waals surface area contributed by atoms with Crippen LogP contribution >= 0.6 is 11.6 Å². The number of nitrogens with one attached hydrogen (secondary N) is 3. The third kappa shape index (κ3) is 8.79. The number of nitrogens with two attached hydrogens (primary N) is 1. The molecule has 0 radical (unpaired) electrons. The number of anilines is 1. The van der Waals surface area contributed by atoms with Crippen LogP contribution in [-0.2, 0) is 32.1 Å². The van der Waals surface area contributed by atoms with E-state index in [9.17, 15) is 19.2 Å². The lowest BCUT2D eigenvalue weighted by Crippen LogP contribution is -2.56. The number of rotatable bonds is 12. The van der Waals surface area contributed by atoms with Gasteiger partial charge in [-0.25, -0.2) is 0 Å². The molecule has 1 aliphatic rings. The van der Waals surface area contributed by atoms with Gasteiger partial charge in [0.05, 0.1) is 0 Å². The second-order valence-electron chi connectivity index (χ2n) is 10.6. The van der Waals surface area contributed by atoms with Gasteiger partial charge in [0, 0.05) is 43.1 Å². The van der Waals surface area contributed by atoms with Gasteiger partial charge in [-0.05, 0) is 67.1 Å². The summed E-state index contributed by atoms with van der Waals surface area (Å²) in [7, 11) is 0. The maximum atomic E-state index is 13.6. The highest BCUT2D eigenvalue weighted by Gasteiger charge is 2.36. The number of halogens is 1. The van der Waals surface area contributed by atoms with Crippen LogP contribution in [0.1, 0.15) is 56.2 Å². The average Bonchev–Trinajstić information content (AvgIpc) is 2.92. The van der Waals surface area contributed by atoms with Crippen LogP contribution in [-0.4, -0.2) is 53.7 Å². The molecule has 3 rings (SSSR count). The fourth-order valence-electron chi connectivity index (χ4n) is 4.63. The lowest BCUT2D eigenvalue weighted by atomic mass is 9.92. The molecule has 2 atom stereocenters. The number of aryl methyl sites for hydroxylation is 1. The van der Waals surface area contributed by atoms with Crippen molar-refractivity contribution in [3.05, 3.63) is 64.2 Å². The first kappa shape index (κ1) is 31.1. The van der Waals surface area contributed by atoms with Crippen LogP contribution in [0.5, 0.6) is 0 Å². The highest BCUT2D eigenvalue weighted by atomic mass is 35.5. The Morgan fingerprint density at radius 1 is 1.05 bits per heavy atom. The fraction of sp³-hybridized carbons (Fsp3) is 0.467. The third-order valence-corrected chi connectivity index (χ3v) is 7.42. The van der Waals surface area contributed by atoms with Crippen molar-refractivity contribution in [1.29, 1.82) is 0 Å². The molecule has 0 saturated carbocycles. The summed E-state index contributed by atoms with van der Waals surface area (Å²) in [6.07, 6.45) is 1.42. The number of fused-ring (bicyclic) bond motifs is 1. The summed E-state index contributed by atoms with van der Waals surface area (Å²) in [5.74, 6) is -0.859. The first-order chi connectivity index (χ1) is 19.1.